The van der Waals surface area contributed by atoms with Crippen LogP contribution in [0.25, 0.3) is 0 Å². The third-order valence-electron chi connectivity index (χ3n) is 2.91. The third kappa shape index (κ3) is 4.42. The highest BCUT2D eigenvalue weighted by Gasteiger charge is 2.18. The predicted octanol–water partition coefficient (Wildman–Crippen LogP) is 2.37. The van der Waals surface area contributed by atoms with Crippen LogP contribution < -0.4 is 10.2 Å². The molecule has 24 heavy (non-hydrogen) atoms. The predicted molar refractivity (Wildman–Crippen MR) is 88.9 cm³/mol. The first kappa shape index (κ1) is 16.7. The van der Waals surface area contributed by atoms with Gasteiger partial charge in [-0.3, -0.25) is 14.9 Å². The van der Waals surface area contributed by atoms with Crippen LogP contribution in [0.4, 0.5) is 5.69 Å². The first-order valence-electron chi connectivity index (χ1n) is 6.85. The largest absolute Gasteiger partial charge is 0.481 e. The second-order valence-corrected chi connectivity index (χ2v) is 4.54. The summed E-state index contributed by atoms with van der Waals surface area (Å²) in [7, 11) is 0. The zero-order chi connectivity index (χ0) is 17.4. The molecule has 0 fully saturated rings. The Balaban J connectivity index is 2.05. The SMILES string of the molecule is C#CCOc1cccc(/C=N\NC(=O)c2ccccc2[N+](=O)[O-])c1. The molecular weight excluding hydrogens is 310 g/mol. The molecule has 7 nitrogen and oxygen atoms in total. The number of rotatable bonds is 6. The van der Waals surface area contributed by atoms with Gasteiger partial charge in [-0.15, -0.1) is 6.42 Å². The Morgan fingerprint density at radius 3 is 2.88 bits per heavy atom. The maximum Gasteiger partial charge on any atom is 0.282 e. The maximum atomic E-state index is 12.0. The van der Waals surface area contributed by atoms with E-state index in [0.717, 1.165) is 0 Å². The smallest absolute Gasteiger partial charge is 0.282 e. The van der Waals surface area contributed by atoms with E-state index < -0.39 is 10.8 Å². The van der Waals surface area contributed by atoms with E-state index in [0.29, 0.717) is 11.3 Å². The van der Waals surface area contributed by atoms with Crippen molar-refractivity contribution in [1.82, 2.24) is 5.43 Å². The summed E-state index contributed by atoms with van der Waals surface area (Å²) in [6, 6.07) is 12.6. The van der Waals surface area contributed by atoms with Gasteiger partial charge in [-0.2, -0.15) is 5.10 Å². The molecule has 2 rings (SSSR count). The lowest BCUT2D eigenvalue weighted by Crippen LogP contribution is -2.18. The molecule has 0 radical (unpaired) electrons. The number of nitrogens with one attached hydrogen (secondary N) is 1. The number of nitrogens with zero attached hydrogens (tertiary/aromatic N) is 2. The fourth-order valence-corrected chi connectivity index (χ4v) is 1.86. The van der Waals surface area contributed by atoms with E-state index in [-0.39, 0.29) is 17.9 Å². The minimum Gasteiger partial charge on any atom is -0.481 e. The van der Waals surface area contributed by atoms with E-state index in [1.54, 1.807) is 24.3 Å². The minimum absolute atomic E-state index is 0.0641. The van der Waals surface area contributed by atoms with Crippen molar-refractivity contribution in [3.8, 4) is 18.1 Å². The molecule has 0 spiro atoms. The zero-order valence-corrected chi connectivity index (χ0v) is 12.5. The van der Waals surface area contributed by atoms with Gasteiger partial charge in [0, 0.05) is 6.07 Å². The van der Waals surface area contributed by atoms with Gasteiger partial charge in [0.15, 0.2) is 0 Å². The highest BCUT2D eigenvalue weighted by atomic mass is 16.6. The van der Waals surface area contributed by atoms with Gasteiger partial charge in [0.1, 0.15) is 17.9 Å². The molecule has 0 saturated heterocycles. The second kappa shape index (κ2) is 8.10. The normalized spacial score (nSPS) is 10.1. The number of terminal acetylenes is 1. The summed E-state index contributed by atoms with van der Waals surface area (Å²) in [5, 5.41) is 14.7. The van der Waals surface area contributed by atoms with Crippen molar-refractivity contribution < 1.29 is 14.5 Å². The number of para-hydroxylation sites is 1. The third-order valence-corrected chi connectivity index (χ3v) is 2.91. The lowest BCUT2D eigenvalue weighted by molar-refractivity contribution is -0.385. The second-order valence-electron chi connectivity index (χ2n) is 4.54. The van der Waals surface area contributed by atoms with E-state index in [1.165, 1.54) is 30.5 Å². The molecule has 0 unspecified atom stereocenters. The number of benzene rings is 2. The summed E-state index contributed by atoms with van der Waals surface area (Å²) in [6.07, 6.45) is 6.52. The van der Waals surface area contributed by atoms with Crippen LogP contribution in [0, 0.1) is 22.5 Å². The van der Waals surface area contributed by atoms with Crippen LogP contribution in [0.2, 0.25) is 0 Å². The molecule has 0 aromatic heterocycles. The van der Waals surface area contributed by atoms with E-state index >= 15 is 0 Å². The van der Waals surface area contributed by atoms with Gasteiger partial charge < -0.3 is 4.74 Å². The molecule has 1 N–H and O–H groups in total. The first-order valence-corrected chi connectivity index (χ1v) is 6.85. The van der Waals surface area contributed by atoms with Gasteiger partial charge in [0.2, 0.25) is 0 Å². The van der Waals surface area contributed by atoms with Gasteiger partial charge in [-0.1, -0.05) is 30.2 Å². The van der Waals surface area contributed by atoms with Crippen LogP contribution >= 0.6 is 0 Å². The molecule has 0 bridgehead atoms. The molecule has 0 heterocycles. The summed E-state index contributed by atoms with van der Waals surface area (Å²) >= 11 is 0. The summed E-state index contributed by atoms with van der Waals surface area (Å²) in [4.78, 5) is 22.3. The van der Waals surface area contributed by atoms with E-state index in [2.05, 4.69) is 16.4 Å². The Bertz CT molecular complexity index is 825. The molecule has 120 valence electrons. The quantitative estimate of drug-likeness (QED) is 0.382. The molecule has 0 aliphatic carbocycles. The zero-order valence-electron chi connectivity index (χ0n) is 12.5. The number of nitro benzene ring substituents is 1. The van der Waals surface area contributed by atoms with Crippen molar-refractivity contribution in [1.29, 1.82) is 0 Å². The lowest BCUT2D eigenvalue weighted by atomic mass is 10.2. The van der Waals surface area contributed by atoms with Gasteiger partial charge in [-0.25, -0.2) is 5.43 Å². The van der Waals surface area contributed by atoms with Crippen molar-refractivity contribution in [3.05, 3.63) is 69.8 Å². The number of nitro groups is 1. The average molecular weight is 323 g/mol. The Labute approximate surface area is 138 Å². The average Bonchev–Trinajstić information content (AvgIpc) is 2.60. The fraction of sp³-hybridized carbons (Fsp3) is 0.0588. The van der Waals surface area contributed by atoms with Crippen LogP contribution in [0.15, 0.2) is 53.6 Å². The number of amides is 1. The number of hydrogen-bond acceptors (Lipinski definition) is 5. The van der Waals surface area contributed by atoms with Crippen LogP contribution in [0.5, 0.6) is 5.75 Å². The van der Waals surface area contributed by atoms with Crippen LogP contribution in [-0.4, -0.2) is 23.7 Å². The van der Waals surface area contributed by atoms with Crippen LogP contribution in [0.1, 0.15) is 15.9 Å². The maximum absolute atomic E-state index is 12.0. The van der Waals surface area contributed by atoms with Gasteiger partial charge in [0.05, 0.1) is 11.1 Å². The molecule has 7 heteroatoms. The summed E-state index contributed by atoms with van der Waals surface area (Å²) < 4.78 is 5.27. The first-order chi connectivity index (χ1) is 11.6. The van der Waals surface area contributed by atoms with Crippen molar-refractivity contribution in [2.75, 3.05) is 6.61 Å². The molecular formula is C17H13N3O4. The topological polar surface area (TPSA) is 93.8 Å². The Hall–Kier alpha value is -3.66. The van der Waals surface area contributed by atoms with Crippen molar-refractivity contribution in [3.63, 3.8) is 0 Å². The summed E-state index contributed by atoms with van der Waals surface area (Å²) in [6.45, 7) is 0.148. The molecule has 1 amide bonds. The Kier molecular flexibility index (Phi) is 5.64. The lowest BCUT2D eigenvalue weighted by Gasteiger charge is -2.03. The number of hydrogen-bond donors (Lipinski definition) is 1. The summed E-state index contributed by atoms with van der Waals surface area (Å²) in [5.74, 6) is 2.26. The van der Waals surface area contributed by atoms with Gasteiger partial charge in [0.25, 0.3) is 11.6 Å². The monoisotopic (exact) mass is 323 g/mol. The standard InChI is InChI=1S/C17H13N3O4/c1-2-10-24-14-7-5-6-13(11-14)12-18-19-17(21)15-8-3-4-9-16(15)20(22)23/h1,3-9,11-12H,10H2,(H,19,21)/b18-12-. The number of hydrazone groups is 1. The number of carbonyl (C=O) groups excluding carboxylic acids is 1. The fourth-order valence-electron chi connectivity index (χ4n) is 1.86. The van der Waals surface area contributed by atoms with Crippen LogP contribution in [-0.2, 0) is 0 Å². The van der Waals surface area contributed by atoms with Gasteiger partial charge >= 0.3 is 0 Å². The molecule has 2 aromatic carbocycles. The molecule has 2 aromatic rings. The molecule has 0 saturated carbocycles. The highest BCUT2D eigenvalue weighted by molar-refractivity contribution is 5.98. The Morgan fingerprint density at radius 1 is 1.33 bits per heavy atom. The Morgan fingerprint density at radius 2 is 2.12 bits per heavy atom. The van der Waals surface area contributed by atoms with Crippen molar-refractivity contribution in [2.24, 2.45) is 5.10 Å². The van der Waals surface area contributed by atoms with E-state index in [1.807, 2.05) is 0 Å². The molecule has 0 atom stereocenters. The van der Waals surface area contributed by atoms with E-state index in [9.17, 15) is 14.9 Å². The molecule has 0 aliphatic heterocycles. The minimum atomic E-state index is -0.668. The number of ether oxygens (including phenoxy) is 1. The summed E-state index contributed by atoms with van der Waals surface area (Å²) in [5.41, 5.74) is 2.59. The van der Waals surface area contributed by atoms with Crippen molar-refractivity contribution >= 4 is 17.8 Å². The number of carbonyl (C=O) groups is 1. The van der Waals surface area contributed by atoms with Gasteiger partial charge in [-0.05, 0) is 23.8 Å². The molecule has 0 aliphatic rings. The van der Waals surface area contributed by atoms with E-state index in [4.69, 9.17) is 11.2 Å². The highest BCUT2D eigenvalue weighted by Crippen LogP contribution is 2.17. The van der Waals surface area contributed by atoms with Crippen molar-refractivity contribution in [2.45, 2.75) is 0 Å². The van der Waals surface area contributed by atoms with Crippen LogP contribution in [0.3, 0.4) is 0 Å².